The highest BCUT2D eigenvalue weighted by molar-refractivity contribution is 6.30. The molecule has 17 heavy (non-hydrogen) atoms. The minimum absolute atomic E-state index is 0.156. The van der Waals surface area contributed by atoms with Gasteiger partial charge < -0.3 is 10.5 Å². The first-order valence-electron chi connectivity index (χ1n) is 6.15. The van der Waals surface area contributed by atoms with Crippen molar-refractivity contribution in [3.8, 4) is 0 Å². The number of rotatable bonds is 7. The van der Waals surface area contributed by atoms with E-state index in [1.807, 2.05) is 24.3 Å². The fourth-order valence-corrected chi connectivity index (χ4v) is 1.71. The van der Waals surface area contributed by atoms with E-state index in [1.165, 1.54) is 5.56 Å². The number of hydrogen-bond donors (Lipinski definition) is 1. The Labute approximate surface area is 109 Å². The van der Waals surface area contributed by atoms with Gasteiger partial charge in [-0.25, -0.2) is 0 Å². The van der Waals surface area contributed by atoms with Crippen LogP contribution in [0.1, 0.15) is 25.8 Å². The van der Waals surface area contributed by atoms with E-state index >= 15 is 0 Å². The zero-order chi connectivity index (χ0) is 12.7. The third kappa shape index (κ3) is 6.67. The van der Waals surface area contributed by atoms with Gasteiger partial charge in [0, 0.05) is 24.3 Å². The first-order valence-corrected chi connectivity index (χ1v) is 6.53. The Balaban J connectivity index is 2.20. The van der Waals surface area contributed by atoms with Gasteiger partial charge in [-0.15, -0.1) is 0 Å². The van der Waals surface area contributed by atoms with Gasteiger partial charge in [-0.3, -0.25) is 0 Å². The van der Waals surface area contributed by atoms with E-state index in [4.69, 9.17) is 22.1 Å². The molecule has 0 fully saturated rings. The molecule has 0 aromatic heterocycles. The fourth-order valence-electron chi connectivity index (χ4n) is 1.58. The molecule has 0 heterocycles. The van der Waals surface area contributed by atoms with Crippen LogP contribution in [0.15, 0.2) is 24.3 Å². The Bertz CT molecular complexity index is 311. The predicted octanol–water partition coefficient (Wildman–Crippen LogP) is 3.27. The summed E-state index contributed by atoms with van der Waals surface area (Å²) in [4.78, 5) is 0. The van der Waals surface area contributed by atoms with Gasteiger partial charge in [0.1, 0.15) is 0 Å². The van der Waals surface area contributed by atoms with Crippen LogP contribution in [0.4, 0.5) is 0 Å². The van der Waals surface area contributed by atoms with Crippen LogP contribution in [0.25, 0.3) is 0 Å². The van der Waals surface area contributed by atoms with Crippen molar-refractivity contribution in [3.63, 3.8) is 0 Å². The molecule has 1 aromatic carbocycles. The van der Waals surface area contributed by atoms with Gasteiger partial charge in [-0.1, -0.05) is 37.6 Å². The molecular formula is C14H22ClNO. The number of halogens is 1. The molecule has 2 nitrogen and oxygen atoms in total. The molecule has 1 atom stereocenters. The average molecular weight is 256 g/mol. The Morgan fingerprint density at radius 3 is 2.47 bits per heavy atom. The molecule has 1 aromatic rings. The van der Waals surface area contributed by atoms with Crippen molar-refractivity contribution >= 4 is 11.6 Å². The molecule has 3 heteroatoms. The van der Waals surface area contributed by atoms with E-state index in [-0.39, 0.29) is 6.04 Å². The van der Waals surface area contributed by atoms with Gasteiger partial charge in [0.05, 0.1) is 0 Å². The monoisotopic (exact) mass is 255 g/mol. The van der Waals surface area contributed by atoms with Crippen molar-refractivity contribution in [1.29, 1.82) is 0 Å². The molecular weight excluding hydrogens is 234 g/mol. The SMILES string of the molecule is CC(C)COCCC(N)Cc1ccc(Cl)cc1. The van der Waals surface area contributed by atoms with Crippen LogP contribution < -0.4 is 5.73 Å². The quantitative estimate of drug-likeness (QED) is 0.759. The zero-order valence-corrected chi connectivity index (χ0v) is 11.4. The maximum atomic E-state index is 6.05. The van der Waals surface area contributed by atoms with Crippen molar-refractivity contribution in [1.82, 2.24) is 0 Å². The van der Waals surface area contributed by atoms with Crippen LogP contribution in [-0.4, -0.2) is 19.3 Å². The van der Waals surface area contributed by atoms with Crippen LogP contribution in [0, 0.1) is 5.92 Å². The first kappa shape index (κ1) is 14.5. The van der Waals surface area contributed by atoms with Crippen molar-refractivity contribution < 1.29 is 4.74 Å². The van der Waals surface area contributed by atoms with Crippen LogP contribution in [-0.2, 0) is 11.2 Å². The molecule has 2 N–H and O–H groups in total. The van der Waals surface area contributed by atoms with Crippen LogP contribution in [0.3, 0.4) is 0 Å². The van der Waals surface area contributed by atoms with Gasteiger partial charge in [0.15, 0.2) is 0 Å². The van der Waals surface area contributed by atoms with Crippen molar-refractivity contribution in [2.75, 3.05) is 13.2 Å². The van der Waals surface area contributed by atoms with E-state index in [0.717, 1.165) is 31.1 Å². The Hall–Kier alpha value is -0.570. The molecule has 0 aliphatic carbocycles. The third-order valence-corrected chi connectivity index (χ3v) is 2.75. The summed E-state index contributed by atoms with van der Waals surface area (Å²) in [6.45, 7) is 5.85. The second-order valence-corrected chi connectivity index (χ2v) is 5.28. The number of hydrogen-bond acceptors (Lipinski definition) is 2. The first-order chi connectivity index (χ1) is 8.08. The smallest absolute Gasteiger partial charge is 0.0489 e. The molecule has 0 saturated carbocycles. The van der Waals surface area contributed by atoms with E-state index in [0.29, 0.717) is 5.92 Å². The summed E-state index contributed by atoms with van der Waals surface area (Å²) in [6.07, 6.45) is 1.78. The fraction of sp³-hybridized carbons (Fsp3) is 0.571. The van der Waals surface area contributed by atoms with E-state index in [2.05, 4.69) is 13.8 Å². The summed E-state index contributed by atoms with van der Waals surface area (Å²) in [5.74, 6) is 0.586. The van der Waals surface area contributed by atoms with Crippen LogP contribution in [0.2, 0.25) is 5.02 Å². The standard InChI is InChI=1S/C14H22ClNO/c1-11(2)10-17-8-7-14(16)9-12-3-5-13(15)6-4-12/h3-6,11,14H,7-10,16H2,1-2H3. The lowest BCUT2D eigenvalue weighted by atomic mass is 10.0. The second kappa shape index (κ2) is 7.70. The molecule has 96 valence electrons. The summed E-state index contributed by atoms with van der Waals surface area (Å²) in [7, 11) is 0. The summed E-state index contributed by atoms with van der Waals surface area (Å²) in [5.41, 5.74) is 7.28. The molecule has 0 aliphatic rings. The summed E-state index contributed by atoms with van der Waals surface area (Å²) in [6, 6.07) is 8.01. The third-order valence-electron chi connectivity index (χ3n) is 2.50. The summed E-state index contributed by atoms with van der Waals surface area (Å²) < 4.78 is 5.52. The largest absolute Gasteiger partial charge is 0.381 e. The Kier molecular flexibility index (Phi) is 6.56. The minimum Gasteiger partial charge on any atom is -0.381 e. The molecule has 0 spiro atoms. The molecule has 1 rings (SSSR count). The zero-order valence-electron chi connectivity index (χ0n) is 10.7. The maximum Gasteiger partial charge on any atom is 0.0489 e. The molecule has 0 bridgehead atoms. The van der Waals surface area contributed by atoms with Gasteiger partial charge in [0.25, 0.3) is 0 Å². The molecule has 0 radical (unpaired) electrons. The van der Waals surface area contributed by atoms with Gasteiger partial charge in [0.2, 0.25) is 0 Å². The molecule has 1 unspecified atom stereocenters. The van der Waals surface area contributed by atoms with Gasteiger partial charge in [-0.2, -0.15) is 0 Å². The number of ether oxygens (including phenoxy) is 1. The predicted molar refractivity (Wildman–Crippen MR) is 73.4 cm³/mol. The minimum atomic E-state index is 0.156. The van der Waals surface area contributed by atoms with Crippen molar-refractivity contribution in [3.05, 3.63) is 34.9 Å². The van der Waals surface area contributed by atoms with Crippen LogP contribution >= 0.6 is 11.6 Å². The maximum absolute atomic E-state index is 6.05. The van der Waals surface area contributed by atoms with Crippen molar-refractivity contribution in [2.24, 2.45) is 11.7 Å². The summed E-state index contributed by atoms with van der Waals surface area (Å²) >= 11 is 5.83. The molecule has 0 aliphatic heterocycles. The lowest BCUT2D eigenvalue weighted by Crippen LogP contribution is -2.25. The highest BCUT2D eigenvalue weighted by Gasteiger charge is 2.04. The second-order valence-electron chi connectivity index (χ2n) is 4.85. The van der Waals surface area contributed by atoms with E-state index < -0.39 is 0 Å². The van der Waals surface area contributed by atoms with Crippen molar-refractivity contribution in [2.45, 2.75) is 32.7 Å². The number of nitrogens with two attached hydrogens (primary N) is 1. The van der Waals surface area contributed by atoms with Gasteiger partial charge >= 0.3 is 0 Å². The van der Waals surface area contributed by atoms with E-state index in [1.54, 1.807) is 0 Å². The van der Waals surface area contributed by atoms with E-state index in [9.17, 15) is 0 Å². The lowest BCUT2D eigenvalue weighted by molar-refractivity contribution is 0.104. The highest BCUT2D eigenvalue weighted by atomic mass is 35.5. The normalized spacial score (nSPS) is 13.0. The van der Waals surface area contributed by atoms with Crippen LogP contribution in [0.5, 0.6) is 0 Å². The number of benzene rings is 1. The Morgan fingerprint density at radius 2 is 1.88 bits per heavy atom. The Morgan fingerprint density at radius 1 is 1.24 bits per heavy atom. The molecule has 0 saturated heterocycles. The molecule has 0 amide bonds. The topological polar surface area (TPSA) is 35.2 Å². The lowest BCUT2D eigenvalue weighted by Gasteiger charge is -2.12. The van der Waals surface area contributed by atoms with Gasteiger partial charge in [-0.05, 0) is 36.5 Å². The summed E-state index contributed by atoms with van der Waals surface area (Å²) in [5, 5.41) is 0.766. The average Bonchev–Trinajstić information content (AvgIpc) is 2.27. The highest BCUT2D eigenvalue weighted by Crippen LogP contribution is 2.11.